The Labute approximate surface area is 312 Å². The van der Waals surface area contributed by atoms with Crippen molar-refractivity contribution in [2.75, 3.05) is 13.2 Å². The number of ether oxygens (including phenoxy) is 1. The Kier molecular flexibility index (Phi) is 9.33. The monoisotopic (exact) mass is 719 g/mol. The van der Waals surface area contributed by atoms with Crippen molar-refractivity contribution in [3.8, 4) is 11.1 Å². The van der Waals surface area contributed by atoms with Gasteiger partial charge in [-0.15, -0.1) is 0 Å². The molecule has 3 heterocycles. The van der Waals surface area contributed by atoms with Crippen molar-refractivity contribution in [2.45, 2.75) is 44.7 Å². The minimum Gasteiger partial charge on any atom is -0.449 e. The topological polar surface area (TPSA) is 123 Å². The van der Waals surface area contributed by atoms with Crippen molar-refractivity contribution < 1.29 is 23.9 Å². The second-order valence-electron chi connectivity index (χ2n) is 14.1. The maximum Gasteiger partial charge on any atom is 0.407 e. The summed E-state index contributed by atoms with van der Waals surface area (Å²) in [6.45, 7) is 3.15. The summed E-state index contributed by atoms with van der Waals surface area (Å²) in [6, 6.07) is 31.8. The fraction of sp³-hybridized carbons (Fsp3) is 0.227. The molecule has 10 nitrogen and oxygen atoms in total. The third-order valence-corrected chi connectivity index (χ3v) is 10.6. The summed E-state index contributed by atoms with van der Waals surface area (Å²) in [4.78, 5) is 52.1. The zero-order valence-electron chi connectivity index (χ0n) is 30.2. The summed E-state index contributed by atoms with van der Waals surface area (Å²) in [6.07, 6.45) is 4.71. The summed E-state index contributed by atoms with van der Waals surface area (Å²) < 4.78 is 9.70. The molecule has 0 spiro atoms. The number of alkyl carbamates (subject to hydrolysis) is 1. The van der Waals surface area contributed by atoms with E-state index in [1.807, 2.05) is 104 Å². The van der Waals surface area contributed by atoms with Gasteiger partial charge >= 0.3 is 6.09 Å². The molecule has 8 rings (SSSR count). The lowest BCUT2D eigenvalue weighted by molar-refractivity contribution is -0.123. The number of amides is 4. The molecular weight excluding hydrogens is 679 g/mol. The second-order valence-corrected chi connectivity index (χ2v) is 14.1. The zero-order chi connectivity index (χ0) is 37.3. The standard InChI is InChI=1S/C44H41N5O5/c1-27(46-44(53)54-26-36-30-14-5-3-12-28(30)29-13-4-6-15-31(29)36)20-21-39(50)45-22-11-23-49-25-35(33-17-8-10-19-38(33)49)41-40(42(51)47-43(41)52)34-24-48(2)37-18-9-7-16-32(34)37/h3-10,12-19,24-25,27,36H,11,20-23,26H2,1-2H3,(H,45,50)(H,46,53)(H,47,51,52). The van der Waals surface area contributed by atoms with Gasteiger partial charge in [-0.25, -0.2) is 4.79 Å². The maximum absolute atomic E-state index is 13.4. The van der Waals surface area contributed by atoms with Crippen molar-refractivity contribution >= 4 is 56.8 Å². The summed E-state index contributed by atoms with van der Waals surface area (Å²) in [5.41, 5.74) is 8.70. The molecule has 3 N–H and O–H groups in total. The van der Waals surface area contributed by atoms with E-state index in [9.17, 15) is 19.2 Å². The van der Waals surface area contributed by atoms with Crippen LogP contribution in [0.5, 0.6) is 0 Å². The minimum absolute atomic E-state index is 0.0173. The quantitative estimate of drug-likeness (QED) is 0.0937. The fourth-order valence-corrected chi connectivity index (χ4v) is 7.97. The number of nitrogens with zero attached hydrogens (tertiary/aromatic N) is 2. The van der Waals surface area contributed by atoms with Crippen LogP contribution in [0.3, 0.4) is 0 Å². The highest BCUT2D eigenvalue weighted by atomic mass is 16.5. The van der Waals surface area contributed by atoms with Crippen molar-refractivity contribution in [1.82, 2.24) is 25.1 Å². The Bertz CT molecular complexity index is 2440. The Morgan fingerprint density at radius 3 is 2.02 bits per heavy atom. The number of hydrogen-bond acceptors (Lipinski definition) is 5. The number of carbonyl (C=O) groups excluding carboxylic acids is 4. The number of fused-ring (bicyclic) bond motifs is 5. The van der Waals surface area contributed by atoms with Crippen LogP contribution in [0.15, 0.2) is 109 Å². The van der Waals surface area contributed by atoms with Gasteiger partial charge < -0.3 is 24.5 Å². The molecule has 1 atom stereocenters. The molecule has 0 saturated carbocycles. The molecule has 1 aliphatic carbocycles. The number of aromatic nitrogens is 2. The van der Waals surface area contributed by atoms with Gasteiger partial charge in [0.15, 0.2) is 0 Å². The molecule has 4 amide bonds. The van der Waals surface area contributed by atoms with Crippen LogP contribution in [-0.2, 0) is 32.7 Å². The van der Waals surface area contributed by atoms with Crippen molar-refractivity contribution in [1.29, 1.82) is 0 Å². The molecule has 1 unspecified atom stereocenters. The van der Waals surface area contributed by atoms with Gasteiger partial charge in [0, 0.05) is 83.8 Å². The van der Waals surface area contributed by atoms with Gasteiger partial charge in [-0.1, -0.05) is 84.9 Å². The number of carbonyl (C=O) groups is 4. The van der Waals surface area contributed by atoms with Crippen LogP contribution in [0.4, 0.5) is 4.79 Å². The number of rotatable bonds is 12. The molecule has 4 aromatic carbocycles. The molecular formula is C44H41N5O5. The van der Waals surface area contributed by atoms with Crippen molar-refractivity contribution in [2.24, 2.45) is 7.05 Å². The van der Waals surface area contributed by atoms with Gasteiger partial charge in [0.25, 0.3) is 11.8 Å². The van der Waals surface area contributed by atoms with E-state index in [4.69, 9.17) is 4.74 Å². The Morgan fingerprint density at radius 1 is 0.759 bits per heavy atom. The number of hydrogen-bond donors (Lipinski definition) is 3. The lowest BCUT2D eigenvalue weighted by Crippen LogP contribution is -2.35. The van der Waals surface area contributed by atoms with E-state index in [0.29, 0.717) is 48.2 Å². The SMILES string of the molecule is CC(CCC(=O)NCCCn1cc(C2=C(c3cn(C)c4ccccc34)C(=O)NC2=O)c2ccccc21)NC(=O)OCC1c2ccccc2-c2ccccc21. The first kappa shape index (κ1) is 34.7. The Hall–Kier alpha value is -6.42. The van der Waals surface area contributed by atoms with E-state index in [-0.39, 0.29) is 30.9 Å². The van der Waals surface area contributed by atoms with E-state index in [1.165, 1.54) is 11.1 Å². The maximum atomic E-state index is 13.4. The van der Waals surface area contributed by atoms with E-state index in [1.54, 1.807) is 0 Å². The normalized spacial score (nSPS) is 14.3. The zero-order valence-corrected chi connectivity index (χ0v) is 30.2. The van der Waals surface area contributed by atoms with Gasteiger partial charge in [0.05, 0.1) is 11.1 Å². The molecule has 0 radical (unpaired) electrons. The summed E-state index contributed by atoms with van der Waals surface area (Å²) >= 11 is 0. The highest BCUT2D eigenvalue weighted by Gasteiger charge is 2.35. The average molecular weight is 720 g/mol. The Morgan fingerprint density at radius 2 is 1.33 bits per heavy atom. The number of para-hydroxylation sites is 2. The molecule has 2 aliphatic rings. The smallest absolute Gasteiger partial charge is 0.407 e. The fourth-order valence-electron chi connectivity index (χ4n) is 7.97. The van der Waals surface area contributed by atoms with E-state index < -0.39 is 17.9 Å². The molecule has 1 aliphatic heterocycles. The van der Waals surface area contributed by atoms with Crippen LogP contribution in [0, 0.1) is 0 Å². The van der Waals surface area contributed by atoms with Gasteiger partial charge in [-0.3, -0.25) is 19.7 Å². The van der Waals surface area contributed by atoms with Crippen LogP contribution in [-0.4, -0.2) is 52.1 Å². The first-order chi connectivity index (χ1) is 26.3. The van der Waals surface area contributed by atoms with Gasteiger partial charge in [-0.2, -0.15) is 0 Å². The third-order valence-electron chi connectivity index (χ3n) is 10.6. The number of nitrogens with one attached hydrogen (secondary N) is 3. The molecule has 0 bridgehead atoms. The number of benzene rings is 4. The van der Waals surface area contributed by atoms with Crippen LogP contribution in [0.25, 0.3) is 44.1 Å². The molecule has 272 valence electrons. The van der Waals surface area contributed by atoms with E-state index >= 15 is 0 Å². The van der Waals surface area contributed by atoms with Crippen molar-refractivity contribution in [3.63, 3.8) is 0 Å². The predicted octanol–water partition coefficient (Wildman–Crippen LogP) is 6.91. The predicted molar refractivity (Wildman–Crippen MR) is 209 cm³/mol. The Balaban J connectivity index is 0.854. The summed E-state index contributed by atoms with van der Waals surface area (Å²) in [7, 11) is 1.93. The minimum atomic E-state index is -0.498. The van der Waals surface area contributed by atoms with Crippen LogP contribution >= 0.6 is 0 Å². The van der Waals surface area contributed by atoms with Gasteiger partial charge in [-0.05, 0) is 54.2 Å². The molecule has 0 saturated heterocycles. The molecule has 6 aromatic rings. The lowest BCUT2D eigenvalue weighted by Gasteiger charge is -2.17. The van der Waals surface area contributed by atoms with Crippen LogP contribution in [0.1, 0.15) is 54.4 Å². The van der Waals surface area contributed by atoms with Crippen LogP contribution in [0.2, 0.25) is 0 Å². The largest absolute Gasteiger partial charge is 0.449 e. The first-order valence-electron chi connectivity index (χ1n) is 18.4. The summed E-state index contributed by atoms with van der Waals surface area (Å²) in [5.74, 6) is -0.939. The average Bonchev–Trinajstić information content (AvgIpc) is 3.90. The molecule has 10 heteroatoms. The second kappa shape index (κ2) is 14.5. The van der Waals surface area contributed by atoms with Crippen molar-refractivity contribution in [3.05, 3.63) is 132 Å². The van der Waals surface area contributed by atoms with E-state index in [0.717, 1.165) is 32.9 Å². The lowest BCUT2D eigenvalue weighted by atomic mass is 9.95. The molecule has 54 heavy (non-hydrogen) atoms. The van der Waals surface area contributed by atoms with E-state index in [2.05, 4.69) is 44.8 Å². The number of imide groups is 1. The summed E-state index contributed by atoms with van der Waals surface area (Å²) in [5, 5.41) is 10.2. The van der Waals surface area contributed by atoms with Crippen LogP contribution < -0.4 is 16.0 Å². The highest BCUT2D eigenvalue weighted by Crippen LogP contribution is 2.44. The van der Waals surface area contributed by atoms with Gasteiger partial charge in [0.1, 0.15) is 6.61 Å². The first-order valence-corrected chi connectivity index (χ1v) is 18.4. The third kappa shape index (κ3) is 6.44. The molecule has 2 aromatic heterocycles. The highest BCUT2D eigenvalue weighted by molar-refractivity contribution is 6.50. The number of aryl methyl sites for hydroxylation is 2. The van der Waals surface area contributed by atoms with Gasteiger partial charge in [0.2, 0.25) is 5.91 Å². The molecule has 0 fully saturated rings.